The second-order valence-corrected chi connectivity index (χ2v) is 7.78. The molecule has 0 amide bonds. The Bertz CT molecular complexity index is 977. The van der Waals surface area contributed by atoms with Crippen LogP contribution in [0.1, 0.15) is 36.4 Å². The fourth-order valence-electron chi connectivity index (χ4n) is 3.54. The number of hydrogen-bond acceptors (Lipinski definition) is 4. The van der Waals surface area contributed by atoms with Gasteiger partial charge in [0.25, 0.3) is 5.56 Å². The summed E-state index contributed by atoms with van der Waals surface area (Å²) >= 11 is 1.51. The lowest BCUT2D eigenvalue weighted by Crippen LogP contribution is -2.24. The molecule has 1 saturated heterocycles. The van der Waals surface area contributed by atoms with E-state index < -0.39 is 0 Å². The maximum Gasteiger partial charge on any atom is 0.260 e. The fraction of sp³-hybridized carbons (Fsp3) is 0.368. The minimum Gasteiger partial charge on any atom is -0.378 e. The molecule has 0 radical (unpaired) electrons. The SMILES string of the molecule is Cc1sc2nc([C@@H]3CCO[C@H](C)C3)[nH]c(=O)c2c1-c1ccc(F)cc1. The predicted octanol–water partition coefficient (Wildman–Crippen LogP) is 4.38. The number of nitrogens with zero attached hydrogens (tertiary/aromatic N) is 1. The number of aryl methyl sites for hydroxylation is 1. The summed E-state index contributed by atoms with van der Waals surface area (Å²) in [5, 5.41) is 0.595. The Labute approximate surface area is 148 Å². The summed E-state index contributed by atoms with van der Waals surface area (Å²) in [5.41, 5.74) is 1.56. The molecule has 25 heavy (non-hydrogen) atoms. The van der Waals surface area contributed by atoms with Gasteiger partial charge in [0, 0.05) is 23.0 Å². The van der Waals surface area contributed by atoms with Crippen LogP contribution in [-0.2, 0) is 4.74 Å². The summed E-state index contributed by atoms with van der Waals surface area (Å²) in [4.78, 5) is 22.3. The van der Waals surface area contributed by atoms with Crippen molar-refractivity contribution < 1.29 is 9.13 Å². The molecule has 4 nitrogen and oxygen atoms in total. The van der Waals surface area contributed by atoms with E-state index in [4.69, 9.17) is 9.72 Å². The molecule has 130 valence electrons. The highest BCUT2D eigenvalue weighted by Crippen LogP contribution is 2.36. The highest BCUT2D eigenvalue weighted by atomic mass is 32.1. The number of benzene rings is 1. The van der Waals surface area contributed by atoms with Gasteiger partial charge in [0.05, 0.1) is 11.5 Å². The number of thiophene rings is 1. The zero-order chi connectivity index (χ0) is 17.6. The topological polar surface area (TPSA) is 55.0 Å². The summed E-state index contributed by atoms with van der Waals surface area (Å²) < 4.78 is 18.8. The van der Waals surface area contributed by atoms with Crippen LogP contribution < -0.4 is 5.56 Å². The number of hydrogen-bond donors (Lipinski definition) is 1. The minimum absolute atomic E-state index is 0.122. The Morgan fingerprint density at radius 3 is 2.80 bits per heavy atom. The second kappa shape index (κ2) is 6.35. The molecule has 3 aromatic rings. The first-order chi connectivity index (χ1) is 12.0. The molecule has 3 heterocycles. The molecule has 0 bridgehead atoms. The first-order valence-corrected chi connectivity index (χ1v) is 9.25. The summed E-state index contributed by atoms with van der Waals surface area (Å²) in [7, 11) is 0. The van der Waals surface area contributed by atoms with E-state index in [1.54, 1.807) is 12.1 Å². The molecule has 4 rings (SSSR count). The van der Waals surface area contributed by atoms with Crippen LogP contribution >= 0.6 is 11.3 Å². The van der Waals surface area contributed by atoms with E-state index in [0.717, 1.165) is 39.5 Å². The van der Waals surface area contributed by atoms with Crippen molar-refractivity contribution in [2.24, 2.45) is 0 Å². The first kappa shape index (κ1) is 16.4. The Kier molecular flexibility index (Phi) is 4.17. The van der Waals surface area contributed by atoms with Gasteiger partial charge >= 0.3 is 0 Å². The van der Waals surface area contributed by atoms with Crippen LogP contribution in [0, 0.1) is 12.7 Å². The third kappa shape index (κ3) is 3.00. The van der Waals surface area contributed by atoms with E-state index in [2.05, 4.69) is 4.98 Å². The van der Waals surface area contributed by atoms with Crippen LogP contribution in [0.25, 0.3) is 21.3 Å². The van der Waals surface area contributed by atoms with Gasteiger partial charge in [0.1, 0.15) is 16.5 Å². The van der Waals surface area contributed by atoms with E-state index >= 15 is 0 Å². The van der Waals surface area contributed by atoms with Gasteiger partial charge in [-0.25, -0.2) is 9.37 Å². The Balaban J connectivity index is 1.84. The van der Waals surface area contributed by atoms with Gasteiger partial charge < -0.3 is 9.72 Å². The van der Waals surface area contributed by atoms with E-state index in [9.17, 15) is 9.18 Å². The number of fused-ring (bicyclic) bond motifs is 1. The van der Waals surface area contributed by atoms with Gasteiger partial charge in [-0.05, 0) is 44.4 Å². The number of aromatic amines is 1. The summed E-state index contributed by atoms with van der Waals surface area (Å²) in [5.74, 6) is 0.681. The van der Waals surface area contributed by atoms with Crippen molar-refractivity contribution in [3.63, 3.8) is 0 Å². The molecule has 1 fully saturated rings. The average molecular weight is 358 g/mol. The zero-order valence-corrected chi connectivity index (χ0v) is 15.0. The molecule has 0 unspecified atom stereocenters. The molecule has 1 N–H and O–H groups in total. The van der Waals surface area contributed by atoms with E-state index in [1.165, 1.54) is 23.5 Å². The molecule has 0 aliphatic carbocycles. The minimum atomic E-state index is -0.288. The van der Waals surface area contributed by atoms with E-state index in [-0.39, 0.29) is 23.4 Å². The van der Waals surface area contributed by atoms with Crippen LogP contribution in [0.5, 0.6) is 0 Å². The van der Waals surface area contributed by atoms with Crippen molar-refractivity contribution in [2.75, 3.05) is 6.61 Å². The van der Waals surface area contributed by atoms with E-state index in [1.807, 2.05) is 13.8 Å². The lowest BCUT2D eigenvalue weighted by molar-refractivity contribution is 0.0173. The molecule has 0 saturated carbocycles. The Hall–Kier alpha value is -2.05. The molecule has 2 aromatic heterocycles. The van der Waals surface area contributed by atoms with Crippen LogP contribution in [-0.4, -0.2) is 22.7 Å². The quantitative estimate of drug-likeness (QED) is 0.739. The molecular formula is C19H19FN2O2S. The van der Waals surface area contributed by atoms with Crippen molar-refractivity contribution in [1.29, 1.82) is 0 Å². The van der Waals surface area contributed by atoms with Gasteiger partial charge in [-0.2, -0.15) is 0 Å². The third-order valence-electron chi connectivity index (χ3n) is 4.76. The van der Waals surface area contributed by atoms with Gasteiger partial charge in [0.15, 0.2) is 0 Å². The number of ether oxygens (including phenoxy) is 1. The number of halogens is 1. The van der Waals surface area contributed by atoms with Crippen molar-refractivity contribution in [1.82, 2.24) is 9.97 Å². The summed E-state index contributed by atoms with van der Waals surface area (Å²) in [6, 6.07) is 6.24. The van der Waals surface area contributed by atoms with Crippen molar-refractivity contribution in [3.05, 3.63) is 51.1 Å². The molecule has 2 atom stereocenters. The first-order valence-electron chi connectivity index (χ1n) is 8.44. The van der Waals surface area contributed by atoms with Gasteiger partial charge in [-0.3, -0.25) is 4.79 Å². The fourth-order valence-corrected chi connectivity index (χ4v) is 4.59. The van der Waals surface area contributed by atoms with E-state index in [0.29, 0.717) is 12.0 Å². The van der Waals surface area contributed by atoms with Crippen molar-refractivity contribution >= 4 is 21.6 Å². The maximum atomic E-state index is 13.2. The highest BCUT2D eigenvalue weighted by molar-refractivity contribution is 7.19. The molecule has 1 aromatic carbocycles. The monoisotopic (exact) mass is 358 g/mol. The van der Waals surface area contributed by atoms with Gasteiger partial charge in [0.2, 0.25) is 0 Å². The van der Waals surface area contributed by atoms with Crippen LogP contribution in [0.4, 0.5) is 4.39 Å². The van der Waals surface area contributed by atoms with Crippen molar-refractivity contribution in [3.8, 4) is 11.1 Å². The molecule has 0 spiro atoms. The predicted molar refractivity (Wildman–Crippen MR) is 97.8 cm³/mol. The molecule has 1 aliphatic rings. The number of nitrogens with one attached hydrogen (secondary N) is 1. The summed E-state index contributed by atoms with van der Waals surface area (Å²) in [6.45, 7) is 4.71. The number of H-pyrrole nitrogens is 1. The summed E-state index contributed by atoms with van der Waals surface area (Å²) in [6.07, 6.45) is 1.91. The third-order valence-corrected chi connectivity index (χ3v) is 5.76. The number of rotatable bonds is 2. The average Bonchev–Trinajstić information content (AvgIpc) is 2.92. The lowest BCUT2D eigenvalue weighted by atomic mass is 9.95. The van der Waals surface area contributed by atoms with Gasteiger partial charge in [-0.1, -0.05) is 12.1 Å². The normalized spacial score (nSPS) is 20.9. The molecule has 6 heteroatoms. The second-order valence-electron chi connectivity index (χ2n) is 6.57. The maximum absolute atomic E-state index is 13.2. The van der Waals surface area contributed by atoms with Crippen molar-refractivity contribution in [2.45, 2.75) is 38.7 Å². The smallest absolute Gasteiger partial charge is 0.260 e. The van der Waals surface area contributed by atoms with Crippen LogP contribution in [0.2, 0.25) is 0 Å². The Morgan fingerprint density at radius 1 is 1.32 bits per heavy atom. The largest absolute Gasteiger partial charge is 0.378 e. The Morgan fingerprint density at radius 2 is 2.08 bits per heavy atom. The zero-order valence-electron chi connectivity index (χ0n) is 14.1. The standard InChI is InChI=1S/C19H19FN2O2S/c1-10-9-13(7-8-24-10)17-21-18(23)16-15(11(2)25-19(16)22-17)12-3-5-14(20)6-4-12/h3-6,10,13H,7-9H2,1-2H3,(H,21,22,23)/t10-,13-/m1/s1. The van der Waals surface area contributed by atoms with Crippen LogP contribution in [0.15, 0.2) is 29.1 Å². The van der Waals surface area contributed by atoms with Crippen LogP contribution in [0.3, 0.4) is 0 Å². The molecule has 1 aliphatic heterocycles. The lowest BCUT2D eigenvalue weighted by Gasteiger charge is -2.26. The molecular weight excluding hydrogens is 339 g/mol. The van der Waals surface area contributed by atoms with Gasteiger partial charge in [-0.15, -0.1) is 11.3 Å². The highest BCUT2D eigenvalue weighted by Gasteiger charge is 2.25. The number of aromatic nitrogens is 2.